The van der Waals surface area contributed by atoms with Crippen LogP contribution in [0.3, 0.4) is 0 Å². The predicted octanol–water partition coefficient (Wildman–Crippen LogP) is 2.60. The second-order valence-corrected chi connectivity index (χ2v) is 4.59. The molecule has 0 saturated heterocycles. The number of rotatable bonds is 4. The van der Waals surface area contributed by atoms with Crippen molar-refractivity contribution < 1.29 is 0 Å². The number of benzene rings is 1. The van der Waals surface area contributed by atoms with Crippen molar-refractivity contribution in [2.45, 2.75) is 26.3 Å². The van der Waals surface area contributed by atoms with Crippen LogP contribution in [0.4, 0.5) is 0 Å². The van der Waals surface area contributed by atoms with Gasteiger partial charge in [0.25, 0.3) is 0 Å². The van der Waals surface area contributed by atoms with Crippen LogP contribution in [-0.2, 0) is 6.42 Å². The molecule has 1 aromatic heterocycles. The lowest BCUT2D eigenvalue weighted by molar-refractivity contribution is 0.584. The molecule has 1 atom stereocenters. The lowest BCUT2D eigenvalue weighted by atomic mass is 9.94. The highest BCUT2D eigenvalue weighted by molar-refractivity contribution is 5.35. The van der Waals surface area contributed by atoms with Crippen LogP contribution in [0, 0.1) is 13.8 Å². The van der Waals surface area contributed by atoms with E-state index in [0.717, 1.165) is 12.0 Å². The quantitative estimate of drug-likeness (QED) is 0.894. The van der Waals surface area contributed by atoms with E-state index in [4.69, 9.17) is 0 Å². The Labute approximate surface area is 108 Å². The Morgan fingerprint density at radius 3 is 2.28 bits per heavy atom. The summed E-state index contributed by atoms with van der Waals surface area (Å²) >= 11 is 0. The third-order valence-electron chi connectivity index (χ3n) is 3.38. The van der Waals surface area contributed by atoms with Gasteiger partial charge in [-0.15, -0.1) is 0 Å². The van der Waals surface area contributed by atoms with Crippen LogP contribution in [0.15, 0.2) is 36.9 Å². The molecular formula is C15H19N3. The van der Waals surface area contributed by atoms with E-state index in [-0.39, 0.29) is 6.04 Å². The fraction of sp³-hybridized carbons (Fsp3) is 0.333. The summed E-state index contributed by atoms with van der Waals surface area (Å²) < 4.78 is 0. The van der Waals surface area contributed by atoms with Gasteiger partial charge < -0.3 is 5.32 Å². The van der Waals surface area contributed by atoms with Crippen LogP contribution in [0.25, 0.3) is 0 Å². The van der Waals surface area contributed by atoms with E-state index in [2.05, 4.69) is 47.3 Å². The molecule has 0 aliphatic carbocycles. The fourth-order valence-corrected chi connectivity index (χ4v) is 2.25. The van der Waals surface area contributed by atoms with Crippen molar-refractivity contribution in [3.8, 4) is 0 Å². The van der Waals surface area contributed by atoms with Crippen LogP contribution < -0.4 is 5.32 Å². The van der Waals surface area contributed by atoms with Crippen molar-refractivity contribution in [3.63, 3.8) is 0 Å². The molecule has 18 heavy (non-hydrogen) atoms. The Morgan fingerprint density at radius 2 is 1.72 bits per heavy atom. The van der Waals surface area contributed by atoms with Gasteiger partial charge in [0.2, 0.25) is 0 Å². The SMILES string of the molecule is CNC(Cc1c(C)cccc1C)c1cncnc1. The number of aromatic nitrogens is 2. The standard InChI is InChI=1S/C15H19N3/c1-11-5-4-6-12(2)14(11)7-15(16-3)13-8-17-10-18-9-13/h4-6,8-10,15-16H,7H2,1-3H3. The monoisotopic (exact) mass is 241 g/mol. The van der Waals surface area contributed by atoms with E-state index in [1.165, 1.54) is 16.7 Å². The number of nitrogens with zero attached hydrogens (tertiary/aromatic N) is 2. The minimum Gasteiger partial charge on any atom is -0.313 e. The van der Waals surface area contributed by atoms with Gasteiger partial charge in [-0.25, -0.2) is 9.97 Å². The molecule has 94 valence electrons. The van der Waals surface area contributed by atoms with E-state index >= 15 is 0 Å². The van der Waals surface area contributed by atoms with E-state index in [1.807, 2.05) is 19.4 Å². The van der Waals surface area contributed by atoms with Gasteiger partial charge in [0.15, 0.2) is 0 Å². The summed E-state index contributed by atoms with van der Waals surface area (Å²) in [5.41, 5.74) is 5.21. The third kappa shape index (κ3) is 2.74. The molecule has 1 aromatic carbocycles. The van der Waals surface area contributed by atoms with Gasteiger partial charge in [-0.1, -0.05) is 18.2 Å². The molecule has 1 heterocycles. The first-order valence-corrected chi connectivity index (χ1v) is 6.19. The summed E-state index contributed by atoms with van der Waals surface area (Å²) in [6, 6.07) is 6.69. The summed E-state index contributed by atoms with van der Waals surface area (Å²) in [5.74, 6) is 0. The number of nitrogens with one attached hydrogen (secondary N) is 1. The lowest BCUT2D eigenvalue weighted by Crippen LogP contribution is -2.20. The van der Waals surface area contributed by atoms with Gasteiger partial charge in [-0.2, -0.15) is 0 Å². The molecule has 1 N–H and O–H groups in total. The largest absolute Gasteiger partial charge is 0.313 e. The molecular weight excluding hydrogens is 222 g/mol. The highest BCUT2D eigenvalue weighted by atomic mass is 14.9. The summed E-state index contributed by atoms with van der Waals surface area (Å²) in [7, 11) is 1.98. The first-order chi connectivity index (χ1) is 8.72. The number of hydrogen-bond acceptors (Lipinski definition) is 3. The molecule has 0 aliphatic rings. The smallest absolute Gasteiger partial charge is 0.115 e. The Hall–Kier alpha value is -1.74. The molecule has 0 saturated carbocycles. The second-order valence-electron chi connectivity index (χ2n) is 4.59. The molecule has 0 bridgehead atoms. The zero-order valence-corrected chi connectivity index (χ0v) is 11.1. The molecule has 2 aromatic rings. The van der Waals surface area contributed by atoms with Crippen molar-refractivity contribution in [1.29, 1.82) is 0 Å². The molecule has 0 spiro atoms. The van der Waals surface area contributed by atoms with E-state index < -0.39 is 0 Å². The third-order valence-corrected chi connectivity index (χ3v) is 3.38. The molecule has 0 fully saturated rings. The maximum atomic E-state index is 4.09. The first-order valence-electron chi connectivity index (χ1n) is 6.19. The number of hydrogen-bond donors (Lipinski definition) is 1. The minimum atomic E-state index is 0.256. The van der Waals surface area contributed by atoms with Gasteiger partial charge >= 0.3 is 0 Å². The fourth-order valence-electron chi connectivity index (χ4n) is 2.25. The topological polar surface area (TPSA) is 37.8 Å². The van der Waals surface area contributed by atoms with Crippen molar-refractivity contribution in [1.82, 2.24) is 15.3 Å². The molecule has 1 unspecified atom stereocenters. The normalized spacial score (nSPS) is 12.4. The Kier molecular flexibility index (Phi) is 4.05. The second kappa shape index (κ2) is 5.74. The molecule has 0 amide bonds. The highest BCUT2D eigenvalue weighted by Crippen LogP contribution is 2.21. The lowest BCUT2D eigenvalue weighted by Gasteiger charge is -2.18. The summed E-state index contributed by atoms with van der Waals surface area (Å²) in [4.78, 5) is 8.18. The minimum absolute atomic E-state index is 0.256. The van der Waals surface area contributed by atoms with Crippen LogP contribution in [0.1, 0.15) is 28.3 Å². The summed E-state index contributed by atoms with van der Waals surface area (Å²) in [5, 5.41) is 3.34. The average molecular weight is 241 g/mol. The van der Waals surface area contributed by atoms with Gasteiger partial charge in [0.05, 0.1) is 0 Å². The van der Waals surface area contributed by atoms with Gasteiger partial charge in [-0.3, -0.25) is 0 Å². The Balaban J connectivity index is 2.26. The summed E-state index contributed by atoms with van der Waals surface area (Å²) in [6.45, 7) is 4.33. The molecule has 0 radical (unpaired) electrons. The van der Waals surface area contributed by atoms with Crippen molar-refractivity contribution in [3.05, 3.63) is 59.2 Å². The Bertz CT molecular complexity index is 488. The van der Waals surface area contributed by atoms with Crippen LogP contribution >= 0.6 is 0 Å². The van der Waals surface area contributed by atoms with Crippen molar-refractivity contribution >= 4 is 0 Å². The van der Waals surface area contributed by atoms with Crippen molar-refractivity contribution in [2.75, 3.05) is 7.05 Å². The maximum absolute atomic E-state index is 4.09. The van der Waals surface area contributed by atoms with E-state index in [9.17, 15) is 0 Å². The van der Waals surface area contributed by atoms with Gasteiger partial charge in [0, 0.05) is 24.0 Å². The average Bonchev–Trinajstić information content (AvgIpc) is 2.40. The first kappa shape index (κ1) is 12.7. The molecule has 3 heteroatoms. The highest BCUT2D eigenvalue weighted by Gasteiger charge is 2.13. The molecule has 2 rings (SSSR count). The Morgan fingerprint density at radius 1 is 1.11 bits per heavy atom. The van der Waals surface area contributed by atoms with E-state index in [0.29, 0.717) is 0 Å². The summed E-state index contributed by atoms with van der Waals surface area (Å²) in [6.07, 6.45) is 6.28. The van der Waals surface area contributed by atoms with Crippen LogP contribution in [0.2, 0.25) is 0 Å². The maximum Gasteiger partial charge on any atom is 0.115 e. The zero-order valence-electron chi connectivity index (χ0n) is 11.1. The van der Waals surface area contributed by atoms with Crippen LogP contribution in [-0.4, -0.2) is 17.0 Å². The molecule has 3 nitrogen and oxygen atoms in total. The van der Waals surface area contributed by atoms with Crippen molar-refractivity contribution in [2.24, 2.45) is 0 Å². The number of likely N-dealkylation sites (N-methyl/N-ethyl adjacent to an activating group) is 1. The van der Waals surface area contributed by atoms with Gasteiger partial charge in [-0.05, 0) is 44.0 Å². The van der Waals surface area contributed by atoms with Crippen LogP contribution in [0.5, 0.6) is 0 Å². The predicted molar refractivity (Wildman–Crippen MR) is 73.5 cm³/mol. The van der Waals surface area contributed by atoms with E-state index in [1.54, 1.807) is 6.33 Å². The molecule has 0 aliphatic heterocycles. The number of aryl methyl sites for hydroxylation is 2. The van der Waals surface area contributed by atoms with Gasteiger partial charge in [0.1, 0.15) is 6.33 Å². The zero-order chi connectivity index (χ0) is 13.0.